The third kappa shape index (κ3) is 4.46. The normalized spacial score (nSPS) is 31.2. The molecule has 4 nitrogen and oxygen atoms in total. The van der Waals surface area contributed by atoms with Gasteiger partial charge in [-0.25, -0.2) is 0 Å². The largest absolute Gasteiger partial charge is 0.390 e. The molecule has 1 saturated carbocycles. The fourth-order valence-electron chi connectivity index (χ4n) is 3.20. The lowest BCUT2D eigenvalue weighted by atomic mass is 9.83. The smallest absolute Gasteiger partial charge is 0.222 e. The van der Waals surface area contributed by atoms with Crippen molar-refractivity contribution in [2.45, 2.75) is 69.9 Å². The van der Waals surface area contributed by atoms with E-state index in [4.69, 9.17) is 5.73 Å². The fourth-order valence-corrected chi connectivity index (χ4v) is 3.20. The highest BCUT2D eigenvalue weighted by Gasteiger charge is 2.29. The molecule has 2 rings (SSSR count). The highest BCUT2D eigenvalue weighted by atomic mass is 16.3. The number of nitrogens with zero attached hydrogens (tertiary/aromatic N) is 1. The first-order valence-electron chi connectivity index (χ1n) is 7.72. The van der Waals surface area contributed by atoms with Crippen LogP contribution in [0.1, 0.15) is 58.3 Å². The molecule has 3 N–H and O–H groups in total. The van der Waals surface area contributed by atoms with Gasteiger partial charge in [0.25, 0.3) is 0 Å². The van der Waals surface area contributed by atoms with Crippen molar-refractivity contribution in [1.29, 1.82) is 0 Å². The molecule has 0 spiro atoms. The predicted molar refractivity (Wildman–Crippen MR) is 75.6 cm³/mol. The van der Waals surface area contributed by atoms with Crippen LogP contribution >= 0.6 is 0 Å². The van der Waals surface area contributed by atoms with E-state index in [1.807, 2.05) is 11.8 Å². The number of nitrogens with two attached hydrogens (primary N) is 1. The van der Waals surface area contributed by atoms with Crippen molar-refractivity contribution in [3.63, 3.8) is 0 Å². The van der Waals surface area contributed by atoms with Gasteiger partial charge in [0.1, 0.15) is 0 Å². The van der Waals surface area contributed by atoms with Gasteiger partial charge < -0.3 is 15.7 Å². The van der Waals surface area contributed by atoms with Crippen LogP contribution in [0.4, 0.5) is 0 Å². The van der Waals surface area contributed by atoms with E-state index < -0.39 is 5.60 Å². The van der Waals surface area contributed by atoms with Crippen LogP contribution in [0, 0.1) is 5.92 Å². The molecule has 0 bridgehead atoms. The topological polar surface area (TPSA) is 66.6 Å². The van der Waals surface area contributed by atoms with E-state index >= 15 is 0 Å². The van der Waals surface area contributed by atoms with Gasteiger partial charge in [-0.3, -0.25) is 4.79 Å². The van der Waals surface area contributed by atoms with E-state index in [1.54, 1.807) is 0 Å². The number of carbonyl (C=O) groups is 1. The number of amides is 1. The average molecular weight is 268 g/mol. The summed E-state index contributed by atoms with van der Waals surface area (Å²) in [5, 5.41) is 9.88. The summed E-state index contributed by atoms with van der Waals surface area (Å²) in [5.41, 5.74) is 5.32. The quantitative estimate of drug-likeness (QED) is 0.818. The van der Waals surface area contributed by atoms with Gasteiger partial charge in [-0.2, -0.15) is 0 Å². The molecule has 0 unspecified atom stereocenters. The molecule has 0 radical (unpaired) electrons. The van der Waals surface area contributed by atoms with E-state index in [9.17, 15) is 9.90 Å². The van der Waals surface area contributed by atoms with Crippen molar-refractivity contribution < 1.29 is 9.90 Å². The van der Waals surface area contributed by atoms with Crippen LogP contribution in [0.5, 0.6) is 0 Å². The van der Waals surface area contributed by atoms with E-state index in [-0.39, 0.29) is 5.91 Å². The van der Waals surface area contributed by atoms with Gasteiger partial charge in [0.05, 0.1) is 5.60 Å². The van der Waals surface area contributed by atoms with E-state index in [2.05, 4.69) is 0 Å². The molecule has 110 valence electrons. The lowest BCUT2D eigenvalue weighted by Crippen LogP contribution is -2.45. The zero-order chi connectivity index (χ0) is 13.9. The third-order valence-electron chi connectivity index (χ3n) is 4.85. The van der Waals surface area contributed by atoms with Crippen molar-refractivity contribution in [3.8, 4) is 0 Å². The minimum absolute atomic E-state index is 0.269. The summed E-state index contributed by atoms with van der Waals surface area (Å²) < 4.78 is 0. The predicted octanol–water partition coefficient (Wildman–Crippen LogP) is 1.66. The molecule has 1 amide bonds. The van der Waals surface area contributed by atoms with Gasteiger partial charge in [-0.15, -0.1) is 0 Å². The summed E-state index contributed by atoms with van der Waals surface area (Å²) in [4.78, 5) is 14.1. The fraction of sp³-hybridized carbons (Fsp3) is 0.933. The first kappa shape index (κ1) is 14.8. The molecule has 1 saturated heterocycles. The summed E-state index contributed by atoms with van der Waals surface area (Å²) in [6.45, 7) is 3.28. The number of hydrogen-bond acceptors (Lipinski definition) is 3. The Morgan fingerprint density at radius 3 is 2.42 bits per heavy atom. The molecule has 1 aliphatic carbocycles. The van der Waals surface area contributed by atoms with Gasteiger partial charge in [0.15, 0.2) is 0 Å². The van der Waals surface area contributed by atoms with E-state index in [0.717, 1.165) is 19.3 Å². The van der Waals surface area contributed by atoms with Crippen molar-refractivity contribution >= 4 is 5.91 Å². The Bertz CT molecular complexity index is 299. The zero-order valence-corrected chi connectivity index (χ0v) is 12.1. The maximum Gasteiger partial charge on any atom is 0.222 e. The summed E-state index contributed by atoms with van der Waals surface area (Å²) in [6, 6.07) is 0.385. The van der Waals surface area contributed by atoms with Crippen molar-refractivity contribution in [1.82, 2.24) is 4.90 Å². The Labute approximate surface area is 116 Å². The van der Waals surface area contributed by atoms with E-state index in [1.165, 1.54) is 12.8 Å². The molecule has 0 aromatic carbocycles. The van der Waals surface area contributed by atoms with Crippen LogP contribution in [0.2, 0.25) is 0 Å². The molecule has 0 aromatic heterocycles. The summed E-state index contributed by atoms with van der Waals surface area (Å²) >= 11 is 0. The zero-order valence-electron chi connectivity index (χ0n) is 12.1. The maximum atomic E-state index is 12.1. The van der Waals surface area contributed by atoms with Crippen LogP contribution in [0.15, 0.2) is 0 Å². The second-order valence-corrected chi connectivity index (χ2v) is 6.70. The second kappa shape index (κ2) is 6.23. The van der Waals surface area contributed by atoms with Crippen LogP contribution in [0.3, 0.4) is 0 Å². The standard InChI is InChI=1S/C15H28N2O2/c1-15(19)8-10-17(11-9-15)14(18)7-4-12-2-5-13(16)6-3-12/h12-13,19H,2-11,16H2,1H3. The van der Waals surface area contributed by atoms with Crippen LogP contribution < -0.4 is 5.73 Å². The number of rotatable bonds is 3. The minimum Gasteiger partial charge on any atom is -0.390 e. The first-order chi connectivity index (χ1) is 8.96. The average Bonchev–Trinajstić information content (AvgIpc) is 2.37. The number of piperidine rings is 1. The van der Waals surface area contributed by atoms with Gasteiger partial charge >= 0.3 is 0 Å². The van der Waals surface area contributed by atoms with Crippen molar-refractivity contribution in [3.05, 3.63) is 0 Å². The summed E-state index contributed by atoms with van der Waals surface area (Å²) in [7, 11) is 0. The molecule has 0 aromatic rings. The molecule has 1 heterocycles. The Hall–Kier alpha value is -0.610. The van der Waals surface area contributed by atoms with Crippen LogP contribution in [-0.4, -0.2) is 40.6 Å². The number of aliphatic hydroxyl groups is 1. The SMILES string of the molecule is CC1(O)CCN(C(=O)CCC2CCC(N)CC2)CC1. The van der Waals surface area contributed by atoms with Gasteiger partial charge in [-0.05, 0) is 57.8 Å². The molecule has 2 aliphatic rings. The number of carbonyl (C=O) groups excluding carboxylic acids is 1. The second-order valence-electron chi connectivity index (χ2n) is 6.70. The molecular formula is C15H28N2O2. The molecule has 19 heavy (non-hydrogen) atoms. The Morgan fingerprint density at radius 2 is 1.84 bits per heavy atom. The Kier molecular flexibility index (Phi) is 4.85. The highest BCUT2D eigenvalue weighted by Crippen LogP contribution is 2.28. The van der Waals surface area contributed by atoms with E-state index in [0.29, 0.717) is 44.3 Å². The molecular weight excluding hydrogens is 240 g/mol. The highest BCUT2D eigenvalue weighted by molar-refractivity contribution is 5.76. The number of likely N-dealkylation sites (tertiary alicyclic amines) is 1. The van der Waals surface area contributed by atoms with Crippen molar-refractivity contribution in [2.24, 2.45) is 11.7 Å². The first-order valence-corrected chi connectivity index (χ1v) is 7.72. The minimum atomic E-state index is -0.573. The maximum absolute atomic E-state index is 12.1. The third-order valence-corrected chi connectivity index (χ3v) is 4.85. The van der Waals surface area contributed by atoms with Crippen molar-refractivity contribution in [2.75, 3.05) is 13.1 Å². The Balaban J connectivity index is 1.67. The van der Waals surface area contributed by atoms with Gasteiger partial charge in [-0.1, -0.05) is 0 Å². The lowest BCUT2D eigenvalue weighted by Gasteiger charge is -2.36. The van der Waals surface area contributed by atoms with Gasteiger partial charge in [0, 0.05) is 25.6 Å². The molecule has 0 atom stereocenters. The molecule has 2 fully saturated rings. The molecule has 4 heteroatoms. The van der Waals surface area contributed by atoms with Gasteiger partial charge in [0.2, 0.25) is 5.91 Å². The summed E-state index contributed by atoms with van der Waals surface area (Å²) in [6.07, 6.45) is 7.69. The Morgan fingerprint density at radius 1 is 1.26 bits per heavy atom. The molecule has 1 aliphatic heterocycles. The lowest BCUT2D eigenvalue weighted by molar-refractivity contribution is -0.135. The van der Waals surface area contributed by atoms with Crippen LogP contribution in [-0.2, 0) is 4.79 Å². The summed E-state index contributed by atoms with van der Waals surface area (Å²) in [5.74, 6) is 0.960. The number of hydrogen-bond donors (Lipinski definition) is 2. The van der Waals surface area contributed by atoms with Crippen LogP contribution in [0.25, 0.3) is 0 Å². The monoisotopic (exact) mass is 268 g/mol.